The number of carbonyl (C=O) groups is 1. The van der Waals surface area contributed by atoms with Crippen LogP contribution in [0, 0.1) is 0 Å². The van der Waals surface area contributed by atoms with Gasteiger partial charge in [0.2, 0.25) is 5.91 Å². The maximum absolute atomic E-state index is 11.1. The van der Waals surface area contributed by atoms with Gasteiger partial charge in [-0.2, -0.15) is 0 Å². The Labute approximate surface area is 121 Å². The lowest BCUT2D eigenvalue weighted by Crippen LogP contribution is -2.44. The van der Waals surface area contributed by atoms with Gasteiger partial charge in [0.05, 0.1) is 21.6 Å². The Bertz CT molecular complexity index is 631. The highest BCUT2D eigenvalue weighted by atomic mass is 32.1. The Morgan fingerprint density at radius 1 is 1.45 bits per heavy atom. The van der Waals surface area contributed by atoms with Crippen molar-refractivity contribution in [3.8, 4) is 0 Å². The SMILES string of the molecule is CC(=O)NC1CCN(c2ccc3scnc3c2N)CC1. The molecule has 2 heterocycles. The number of nitrogens with one attached hydrogen (secondary N) is 1. The minimum absolute atomic E-state index is 0.0480. The highest BCUT2D eigenvalue weighted by Gasteiger charge is 2.22. The van der Waals surface area contributed by atoms with Crippen LogP contribution >= 0.6 is 11.3 Å². The van der Waals surface area contributed by atoms with Crippen molar-refractivity contribution in [1.29, 1.82) is 0 Å². The lowest BCUT2D eigenvalue weighted by atomic mass is 10.0. The zero-order valence-corrected chi connectivity index (χ0v) is 12.2. The second kappa shape index (κ2) is 5.28. The van der Waals surface area contributed by atoms with Crippen molar-refractivity contribution in [1.82, 2.24) is 10.3 Å². The molecule has 3 N–H and O–H groups in total. The van der Waals surface area contributed by atoms with E-state index in [1.165, 1.54) is 0 Å². The fourth-order valence-electron chi connectivity index (χ4n) is 2.77. The smallest absolute Gasteiger partial charge is 0.217 e. The molecule has 0 aliphatic carbocycles. The van der Waals surface area contributed by atoms with Crippen molar-refractivity contribution in [2.75, 3.05) is 23.7 Å². The van der Waals surface area contributed by atoms with Crippen LogP contribution in [0.1, 0.15) is 19.8 Å². The quantitative estimate of drug-likeness (QED) is 0.830. The van der Waals surface area contributed by atoms with Gasteiger partial charge in [-0.15, -0.1) is 11.3 Å². The average Bonchev–Trinajstić information content (AvgIpc) is 2.89. The number of piperidine rings is 1. The first-order valence-corrected chi connectivity index (χ1v) is 7.67. The van der Waals surface area contributed by atoms with E-state index in [2.05, 4.69) is 27.3 Å². The van der Waals surface area contributed by atoms with E-state index in [-0.39, 0.29) is 11.9 Å². The molecule has 0 unspecified atom stereocenters. The van der Waals surface area contributed by atoms with E-state index in [0.29, 0.717) is 0 Å². The van der Waals surface area contributed by atoms with Crippen LogP contribution in [-0.2, 0) is 4.79 Å². The summed E-state index contributed by atoms with van der Waals surface area (Å²) in [6.45, 7) is 3.39. The van der Waals surface area contributed by atoms with Crippen LogP contribution < -0.4 is 16.0 Å². The fraction of sp³-hybridized carbons (Fsp3) is 0.429. The summed E-state index contributed by atoms with van der Waals surface area (Å²) in [6, 6.07) is 4.45. The van der Waals surface area contributed by atoms with Crippen LogP contribution in [-0.4, -0.2) is 30.0 Å². The van der Waals surface area contributed by atoms with Gasteiger partial charge >= 0.3 is 0 Å². The molecular formula is C14H18N4OS. The fourth-order valence-corrected chi connectivity index (χ4v) is 3.46. The second-order valence-corrected chi connectivity index (χ2v) is 6.05. The number of rotatable bonds is 2. The Morgan fingerprint density at radius 2 is 2.20 bits per heavy atom. The third-order valence-electron chi connectivity index (χ3n) is 3.76. The van der Waals surface area contributed by atoms with Crippen molar-refractivity contribution in [2.24, 2.45) is 0 Å². The summed E-state index contributed by atoms with van der Waals surface area (Å²) in [5, 5.41) is 2.99. The number of benzene rings is 1. The van der Waals surface area contributed by atoms with Gasteiger partial charge in [-0.05, 0) is 25.0 Å². The predicted molar refractivity (Wildman–Crippen MR) is 83.1 cm³/mol. The molecule has 1 aliphatic rings. The van der Waals surface area contributed by atoms with E-state index in [4.69, 9.17) is 5.73 Å². The third kappa shape index (κ3) is 2.43. The molecule has 6 heteroatoms. The van der Waals surface area contributed by atoms with E-state index in [1.54, 1.807) is 18.3 Å². The first-order valence-electron chi connectivity index (χ1n) is 6.79. The molecule has 1 aromatic carbocycles. The number of nitrogens with two attached hydrogens (primary N) is 1. The third-order valence-corrected chi connectivity index (χ3v) is 4.56. The summed E-state index contributed by atoms with van der Waals surface area (Å²) in [7, 11) is 0. The first kappa shape index (κ1) is 13.2. The molecule has 0 bridgehead atoms. The number of anilines is 2. The van der Waals surface area contributed by atoms with Crippen LogP contribution in [0.2, 0.25) is 0 Å². The first-order chi connectivity index (χ1) is 9.65. The van der Waals surface area contributed by atoms with Crippen molar-refractivity contribution in [2.45, 2.75) is 25.8 Å². The predicted octanol–water partition coefficient (Wildman–Crippen LogP) is 1.98. The van der Waals surface area contributed by atoms with Crippen LogP contribution in [0.3, 0.4) is 0 Å². The highest BCUT2D eigenvalue weighted by Crippen LogP contribution is 2.33. The number of carbonyl (C=O) groups excluding carboxylic acids is 1. The van der Waals surface area contributed by atoms with Gasteiger partial charge in [0.15, 0.2) is 0 Å². The van der Waals surface area contributed by atoms with Gasteiger partial charge in [-0.3, -0.25) is 4.79 Å². The van der Waals surface area contributed by atoms with Crippen LogP contribution in [0.15, 0.2) is 17.6 Å². The summed E-state index contributed by atoms with van der Waals surface area (Å²) in [5.41, 5.74) is 10.8. The zero-order chi connectivity index (χ0) is 14.1. The number of hydrogen-bond acceptors (Lipinski definition) is 5. The molecule has 2 aromatic rings. The minimum Gasteiger partial charge on any atom is -0.395 e. The summed E-state index contributed by atoms with van der Waals surface area (Å²) in [4.78, 5) is 17.7. The van der Waals surface area contributed by atoms with E-state index < -0.39 is 0 Å². The average molecular weight is 290 g/mol. The van der Waals surface area contributed by atoms with E-state index in [0.717, 1.165) is 47.5 Å². The normalized spacial score (nSPS) is 16.6. The number of thiazole rings is 1. The molecule has 0 spiro atoms. The number of aromatic nitrogens is 1. The molecule has 3 rings (SSSR count). The van der Waals surface area contributed by atoms with Gasteiger partial charge in [-0.1, -0.05) is 0 Å². The number of nitrogen functional groups attached to an aromatic ring is 1. The summed E-state index contributed by atoms with van der Waals surface area (Å²) in [6.07, 6.45) is 1.91. The molecule has 1 aromatic heterocycles. The lowest BCUT2D eigenvalue weighted by molar-refractivity contribution is -0.119. The Hall–Kier alpha value is -1.82. The molecule has 0 radical (unpaired) electrons. The van der Waals surface area contributed by atoms with Gasteiger partial charge in [-0.25, -0.2) is 4.98 Å². The Balaban J connectivity index is 1.76. The largest absolute Gasteiger partial charge is 0.395 e. The molecule has 5 nitrogen and oxygen atoms in total. The van der Waals surface area contributed by atoms with Gasteiger partial charge in [0.25, 0.3) is 0 Å². The van der Waals surface area contributed by atoms with E-state index >= 15 is 0 Å². The van der Waals surface area contributed by atoms with Crippen LogP contribution in [0.25, 0.3) is 10.2 Å². The lowest BCUT2D eigenvalue weighted by Gasteiger charge is -2.34. The van der Waals surface area contributed by atoms with E-state index in [9.17, 15) is 4.79 Å². The minimum atomic E-state index is 0.0480. The molecule has 1 saturated heterocycles. The summed E-state index contributed by atoms with van der Waals surface area (Å²) < 4.78 is 1.12. The van der Waals surface area contributed by atoms with E-state index in [1.807, 2.05) is 5.51 Å². The topological polar surface area (TPSA) is 71.2 Å². The molecule has 20 heavy (non-hydrogen) atoms. The molecule has 1 fully saturated rings. The summed E-state index contributed by atoms with van der Waals surface area (Å²) >= 11 is 1.61. The maximum atomic E-state index is 11.1. The zero-order valence-electron chi connectivity index (χ0n) is 11.4. The van der Waals surface area contributed by atoms with Crippen molar-refractivity contribution in [3.05, 3.63) is 17.6 Å². The van der Waals surface area contributed by atoms with Gasteiger partial charge in [0, 0.05) is 26.1 Å². The summed E-state index contributed by atoms with van der Waals surface area (Å²) in [5.74, 6) is 0.0480. The number of fused-ring (bicyclic) bond motifs is 1. The van der Waals surface area contributed by atoms with Crippen molar-refractivity contribution < 1.29 is 4.79 Å². The Morgan fingerprint density at radius 3 is 2.90 bits per heavy atom. The molecule has 106 valence electrons. The highest BCUT2D eigenvalue weighted by molar-refractivity contribution is 7.16. The van der Waals surface area contributed by atoms with Crippen molar-refractivity contribution in [3.63, 3.8) is 0 Å². The number of nitrogens with zero attached hydrogens (tertiary/aromatic N) is 2. The number of hydrogen-bond donors (Lipinski definition) is 2. The standard InChI is InChI=1S/C14H18N4OS/c1-9(19)17-10-4-6-18(7-5-10)11-2-3-12-14(13(11)15)16-8-20-12/h2-3,8,10H,4-7,15H2,1H3,(H,17,19). The van der Waals surface area contributed by atoms with Crippen LogP contribution in [0.5, 0.6) is 0 Å². The Kier molecular flexibility index (Phi) is 3.48. The molecule has 0 atom stereocenters. The van der Waals surface area contributed by atoms with Crippen molar-refractivity contribution >= 4 is 38.8 Å². The van der Waals surface area contributed by atoms with Crippen LogP contribution in [0.4, 0.5) is 11.4 Å². The molecule has 1 amide bonds. The monoisotopic (exact) mass is 290 g/mol. The van der Waals surface area contributed by atoms with Gasteiger partial charge in [0.1, 0.15) is 5.52 Å². The molecule has 1 aliphatic heterocycles. The maximum Gasteiger partial charge on any atom is 0.217 e. The van der Waals surface area contributed by atoms with Gasteiger partial charge < -0.3 is 16.0 Å². The molecular weight excluding hydrogens is 272 g/mol. The molecule has 0 saturated carbocycles. The second-order valence-electron chi connectivity index (χ2n) is 5.16. The number of amides is 1.